The number of ether oxygens (including phenoxy) is 3. The second kappa shape index (κ2) is 7.00. The summed E-state index contributed by atoms with van der Waals surface area (Å²) in [6.45, 7) is 10.1. The zero-order valence-corrected chi connectivity index (χ0v) is 14.6. The summed E-state index contributed by atoms with van der Waals surface area (Å²) < 4.78 is 16.7. The van der Waals surface area contributed by atoms with Gasteiger partial charge in [0.2, 0.25) is 0 Å². The van der Waals surface area contributed by atoms with Crippen molar-refractivity contribution in [2.75, 3.05) is 66.3 Å². The molecule has 5 nitrogen and oxygen atoms in total. The Morgan fingerprint density at radius 2 is 2.08 bits per heavy atom. The lowest BCUT2D eigenvalue weighted by Gasteiger charge is -2.36. The number of hydrogen-bond donors (Lipinski definition) is 0. The molecule has 0 amide bonds. The fraction of sp³-hybridized carbons (Fsp3) is 0.684. The molecule has 0 saturated carbocycles. The number of benzene rings is 1. The summed E-state index contributed by atoms with van der Waals surface area (Å²) in [5, 5.41) is 0. The van der Waals surface area contributed by atoms with Crippen LogP contribution < -0.4 is 4.74 Å². The number of methoxy groups -OCH3 is 1. The van der Waals surface area contributed by atoms with Crippen LogP contribution in [0.1, 0.15) is 5.56 Å². The van der Waals surface area contributed by atoms with E-state index in [2.05, 4.69) is 28.0 Å². The first kappa shape index (κ1) is 16.3. The minimum Gasteiger partial charge on any atom is -0.497 e. The summed E-state index contributed by atoms with van der Waals surface area (Å²) in [5.41, 5.74) is 1.63. The molecule has 1 aromatic rings. The van der Waals surface area contributed by atoms with Crippen molar-refractivity contribution in [2.45, 2.75) is 6.54 Å². The number of fused-ring (bicyclic) bond motifs is 1. The number of rotatable bonds is 5. The van der Waals surface area contributed by atoms with E-state index in [1.54, 1.807) is 7.11 Å². The van der Waals surface area contributed by atoms with Gasteiger partial charge in [-0.25, -0.2) is 0 Å². The van der Waals surface area contributed by atoms with Gasteiger partial charge in [-0.15, -0.1) is 0 Å². The second-order valence-electron chi connectivity index (χ2n) is 7.48. The molecule has 132 valence electrons. The van der Waals surface area contributed by atoms with Crippen LogP contribution in [-0.2, 0) is 16.0 Å². The third-order valence-electron chi connectivity index (χ3n) is 5.77. The van der Waals surface area contributed by atoms with E-state index >= 15 is 0 Å². The predicted octanol–water partition coefficient (Wildman–Crippen LogP) is 1.48. The lowest BCUT2D eigenvalue weighted by Crippen LogP contribution is -2.47. The van der Waals surface area contributed by atoms with Gasteiger partial charge in [-0.05, 0) is 17.7 Å². The Hall–Kier alpha value is -1.14. The van der Waals surface area contributed by atoms with Crippen LogP contribution in [-0.4, -0.2) is 76.1 Å². The molecule has 0 spiro atoms. The summed E-state index contributed by atoms with van der Waals surface area (Å²) in [6.07, 6.45) is 0. The van der Waals surface area contributed by atoms with Crippen LogP contribution in [0.4, 0.5) is 0 Å². The van der Waals surface area contributed by atoms with Crippen LogP contribution in [0.5, 0.6) is 5.75 Å². The molecule has 0 radical (unpaired) electrons. The normalized spacial score (nSPS) is 31.3. The molecule has 0 unspecified atom stereocenters. The van der Waals surface area contributed by atoms with E-state index < -0.39 is 0 Å². The largest absolute Gasteiger partial charge is 0.497 e. The first-order valence-electron chi connectivity index (χ1n) is 9.01. The molecule has 24 heavy (non-hydrogen) atoms. The van der Waals surface area contributed by atoms with Gasteiger partial charge in [-0.2, -0.15) is 0 Å². The van der Waals surface area contributed by atoms with Gasteiger partial charge in [0.05, 0.1) is 33.5 Å². The number of nitrogens with zero attached hydrogens (tertiary/aromatic N) is 2. The van der Waals surface area contributed by atoms with Gasteiger partial charge in [0, 0.05) is 50.6 Å². The van der Waals surface area contributed by atoms with E-state index in [0.29, 0.717) is 11.3 Å². The van der Waals surface area contributed by atoms with Crippen LogP contribution in [0, 0.1) is 11.3 Å². The lowest BCUT2D eigenvalue weighted by atomic mass is 9.80. The molecule has 0 bridgehead atoms. The minimum absolute atomic E-state index is 0.302. The molecular weight excluding hydrogens is 304 g/mol. The highest BCUT2D eigenvalue weighted by molar-refractivity contribution is 5.28. The Morgan fingerprint density at radius 1 is 1.21 bits per heavy atom. The molecule has 0 aromatic heterocycles. The van der Waals surface area contributed by atoms with Crippen molar-refractivity contribution in [3.05, 3.63) is 29.8 Å². The molecule has 0 aliphatic carbocycles. The van der Waals surface area contributed by atoms with Crippen molar-refractivity contribution in [1.29, 1.82) is 0 Å². The Morgan fingerprint density at radius 3 is 2.92 bits per heavy atom. The molecule has 3 fully saturated rings. The third kappa shape index (κ3) is 3.31. The zero-order valence-electron chi connectivity index (χ0n) is 14.6. The average Bonchev–Trinajstić information content (AvgIpc) is 3.12. The summed E-state index contributed by atoms with van der Waals surface area (Å²) in [4.78, 5) is 5.17. The topological polar surface area (TPSA) is 34.2 Å². The standard InChI is InChI=1S/C19H28N2O3/c1-22-18-4-2-3-16(9-18)10-21-11-17-12-24-15-19(17,14-21)13-20-5-7-23-8-6-20/h2-4,9,17H,5-8,10-15H2,1H3/t17-,19+/m1/s1. The first-order valence-corrected chi connectivity index (χ1v) is 9.01. The summed E-state index contributed by atoms with van der Waals surface area (Å²) in [6, 6.07) is 8.44. The van der Waals surface area contributed by atoms with Crippen molar-refractivity contribution in [1.82, 2.24) is 9.80 Å². The van der Waals surface area contributed by atoms with Crippen molar-refractivity contribution in [3.63, 3.8) is 0 Å². The zero-order chi connectivity index (χ0) is 16.4. The van der Waals surface area contributed by atoms with Crippen molar-refractivity contribution < 1.29 is 14.2 Å². The number of likely N-dealkylation sites (tertiary alicyclic amines) is 1. The van der Waals surface area contributed by atoms with Gasteiger partial charge >= 0.3 is 0 Å². The van der Waals surface area contributed by atoms with E-state index in [4.69, 9.17) is 14.2 Å². The fourth-order valence-electron chi connectivity index (χ4n) is 4.52. The monoisotopic (exact) mass is 332 g/mol. The Bertz CT molecular complexity index is 561. The predicted molar refractivity (Wildman–Crippen MR) is 92.3 cm³/mol. The highest BCUT2D eigenvalue weighted by Crippen LogP contribution is 2.42. The van der Waals surface area contributed by atoms with E-state index in [-0.39, 0.29) is 0 Å². The molecule has 3 aliphatic rings. The molecule has 4 rings (SSSR count). The molecule has 3 heterocycles. The van der Waals surface area contributed by atoms with Gasteiger partial charge in [-0.1, -0.05) is 12.1 Å². The van der Waals surface area contributed by atoms with Crippen LogP contribution in [0.25, 0.3) is 0 Å². The van der Waals surface area contributed by atoms with E-state index in [9.17, 15) is 0 Å². The second-order valence-corrected chi connectivity index (χ2v) is 7.48. The maximum atomic E-state index is 5.89. The van der Waals surface area contributed by atoms with Crippen molar-refractivity contribution >= 4 is 0 Å². The van der Waals surface area contributed by atoms with Gasteiger partial charge in [0.25, 0.3) is 0 Å². The summed E-state index contributed by atoms with van der Waals surface area (Å²) in [5.74, 6) is 1.60. The van der Waals surface area contributed by atoms with Gasteiger partial charge < -0.3 is 14.2 Å². The summed E-state index contributed by atoms with van der Waals surface area (Å²) >= 11 is 0. The van der Waals surface area contributed by atoms with E-state index in [1.807, 2.05) is 6.07 Å². The minimum atomic E-state index is 0.302. The molecule has 5 heteroatoms. The molecule has 0 N–H and O–H groups in total. The number of hydrogen-bond acceptors (Lipinski definition) is 5. The van der Waals surface area contributed by atoms with Crippen LogP contribution in [0.3, 0.4) is 0 Å². The highest BCUT2D eigenvalue weighted by Gasteiger charge is 2.51. The smallest absolute Gasteiger partial charge is 0.119 e. The molecule has 2 atom stereocenters. The van der Waals surface area contributed by atoms with Gasteiger partial charge in [0.1, 0.15) is 5.75 Å². The molecule has 1 aromatic carbocycles. The average molecular weight is 332 g/mol. The number of morpholine rings is 1. The van der Waals surface area contributed by atoms with E-state index in [1.165, 1.54) is 5.56 Å². The maximum absolute atomic E-state index is 5.89. The van der Waals surface area contributed by atoms with Gasteiger partial charge in [-0.3, -0.25) is 9.80 Å². The molecule has 3 saturated heterocycles. The lowest BCUT2D eigenvalue weighted by molar-refractivity contribution is 0.0102. The van der Waals surface area contributed by atoms with E-state index in [0.717, 1.165) is 71.4 Å². The van der Waals surface area contributed by atoms with Crippen molar-refractivity contribution in [2.24, 2.45) is 11.3 Å². The van der Waals surface area contributed by atoms with Gasteiger partial charge in [0.15, 0.2) is 0 Å². The SMILES string of the molecule is COc1cccc(CN2C[C@@H]3COC[C@]3(CN3CCOCC3)C2)c1. The third-order valence-corrected chi connectivity index (χ3v) is 5.77. The molecular formula is C19H28N2O3. The Labute approximate surface area is 144 Å². The fourth-order valence-corrected chi connectivity index (χ4v) is 4.52. The Balaban J connectivity index is 1.42. The summed E-state index contributed by atoms with van der Waals surface area (Å²) in [7, 11) is 1.73. The van der Waals surface area contributed by atoms with Crippen molar-refractivity contribution in [3.8, 4) is 5.75 Å². The maximum Gasteiger partial charge on any atom is 0.119 e. The van der Waals surface area contributed by atoms with Crippen LogP contribution in [0.15, 0.2) is 24.3 Å². The molecule has 3 aliphatic heterocycles. The first-order chi connectivity index (χ1) is 11.8. The quantitative estimate of drug-likeness (QED) is 0.816. The van der Waals surface area contributed by atoms with Crippen LogP contribution in [0.2, 0.25) is 0 Å². The Kier molecular flexibility index (Phi) is 4.77. The highest BCUT2D eigenvalue weighted by atomic mass is 16.5. The van der Waals surface area contributed by atoms with Crippen LogP contribution >= 0.6 is 0 Å².